The molecule has 1 aliphatic rings. The summed E-state index contributed by atoms with van der Waals surface area (Å²) in [5, 5.41) is 2.25. The van der Waals surface area contributed by atoms with E-state index in [1.807, 2.05) is 13.8 Å². The molecule has 8 nitrogen and oxygen atoms in total. The number of hydrogen-bond acceptors (Lipinski definition) is 8. The van der Waals surface area contributed by atoms with Crippen molar-refractivity contribution >= 4 is 29.6 Å². The second-order valence-electron chi connectivity index (χ2n) is 7.99. The van der Waals surface area contributed by atoms with Gasteiger partial charge in [0.15, 0.2) is 12.1 Å². The van der Waals surface area contributed by atoms with E-state index in [2.05, 4.69) is 5.32 Å². The number of amides is 1. The molecule has 1 amide bonds. The Kier molecular flexibility index (Phi) is 10.4. The first-order valence-corrected chi connectivity index (χ1v) is 11.1. The normalized spacial score (nSPS) is 23.6. The van der Waals surface area contributed by atoms with Crippen molar-refractivity contribution in [2.75, 3.05) is 12.9 Å². The molecule has 29 heavy (non-hydrogen) atoms. The molecule has 1 saturated heterocycles. The van der Waals surface area contributed by atoms with Crippen LogP contribution in [-0.2, 0) is 28.5 Å². The molecular formula is C20H35NO7S. The molecule has 0 aromatic carbocycles. The zero-order valence-corrected chi connectivity index (χ0v) is 19.3. The van der Waals surface area contributed by atoms with E-state index in [0.29, 0.717) is 0 Å². The summed E-state index contributed by atoms with van der Waals surface area (Å²) in [6, 6.07) is -0.914. The summed E-state index contributed by atoms with van der Waals surface area (Å²) in [7, 11) is 1.25. The number of Topliss-reactive ketones (excluding diaryl/α,β-unsaturated/α-hetero) is 1. The third-order valence-corrected chi connectivity index (χ3v) is 5.73. The number of rotatable bonds is 9. The highest BCUT2D eigenvalue weighted by Crippen LogP contribution is 2.30. The van der Waals surface area contributed by atoms with Crippen molar-refractivity contribution in [2.24, 2.45) is 0 Å². The van der Waals surface area contributed by atoms with Crippen LogP contribution in [0.3, 0.4) is 0 Å². The standard InChI is InChI=1S/C20H35NO7S/c1-8-13(9-2)27-18-16(10-15(22)12(3)26-18)29-11-14(17(23)25-7)21-19(24)28-20(4,5)6/h12-14,16,18H,8-11H2,1-7H3,(H,21,24)/t12-,14-,16?,18-/m0/s1. The molecule has 1 unspecified atom stereocenters. The molecule has 0 saturated carbocycles. The number of carbonyl (C=O) groups is 3. The van der Waals surface area contributed by atoms with Gasteiger partial charge >= 0.3 is 12.1 Å². The van der Waals surface area contributed by atoms with Crippen LogP contribution in [0.1, 0.15) is 60.8 Å². The fourth-order valence-corrected chi connectivity index (χ4v) is 3.96. The minimum absolute atomic E-state index is 0.0124. The summed E-state index contributed by atoms with van der Waals surface area (Å²) in [6.45, 7) is 11.0. The van der Waals surface area contributed by atoms with Crippen LogP contribution >= 0.6 is 11.8 Å². The van der Waals surface area contributed by atoms with Crippen LogP contribution in [0.2, 0.25) is 0 Å². The summed E-state index contributed by atoms with van der Waals surface area (Å²) in [4.78, 5) is 36.4. The van der Waals surface area contributed by atoms with Gasteiger partial charge in [-0.15, -0.1) is 0 Å². The first kappa shape index (κ1) is 25.7. The van der Waals surface area contributed by atoms with Gasteiger partial charge in [-0.2, -0.15) is 11.8 Å². The van der Waals surface area contributed by atoms with Crippen molar-refractivity contribution in [1.29, 1.82) is 0 Å². The largest absolute Gasteiger partial charge is 0.467 e. The Morgan fingerprint density at radius 2 is 1.90 bits per heavy atom. The Hall–Kier alpha value is -1.32. The third kappa shape index (κ3) is 8.92. The fraction of sp³-hybridized carbons (Fsp3) is 0.850. The Morgan fingerprint density at radius 3 is 2.41 bits per heavy atom. The average Bonchev–Trinajstić information content (AvgIpc) is 2.63. The number of nitrogens with one attached hydrogen (secondary N) is 1. The summed E-state index contributed by atoms with van der Waals surface area (Å²) >= 11 is 1.34. The number of alkyl carbamates (subject to hydrolysis) is 1. The molecule has 1 N–H and O–H groups in total. The van der Waals surface area contributed by atoms with E-state index in [-0.39, 0.29) is 29.3 Å². The van der Waals surface area contributed by atoms with E-state index in [9.17, 15) is 14.4 Å². The summed E-state index contributed by atoms with van der Waals surface area (Å²) < 4.78 is 21.9. The lowest BCUT2D eigenvalue weighted by atomic mass is 10.1. The molecule has 0 aromatic rings. The van der Waals surface area contributed by atoms with Crippen LogP contribution in [0.25, 0.3) is 0 Å². The van der Waals surface area contributed by atoms with Gasteiger partial charge in [-0.25, -0.2) is 9.59 Å². The molecular weight excluding hydrogens is 398 g/mol. The van der Waals surface area contributed by atoms with Gasteiger partial charge in [-0.05, 0) is 40.5 Å². The van der Waals surface area contributed by atoms with Gasteiger partial charge in [0.05, 0.1) is 18.5 Å². The van der Waals surface area contributed by atoms with Crippen LogP contribution in [0.15, 0.2) is 0 Å². The lowest BCUT2D eigenvalue weighted by Crippen LogP contribution is -2.48. The minimum Gasteiger partial charge on any atom is -0.467 e. The monoisotopic (exact) mass is 433 g/mol. The molecule has 1 fully saturated rings. The maximum Gasteiger partial charge on any atom is 0.408 e. The van der Waals surface area contributed by atoms with E-state index >= 15 is 0 Å². The number of ketones is 1. The predicted octanol–water partition coefficient (Wildman–Crippen LogP) is 3.06. The van der Waals surface area contributed by atoms with E-state index in [1.165, 1.54) is 18.9 Å². The highest BCUT2D eigenvalue weighted by Gasteiger charge is 2.38. The van der Waals surface area contributed by atoms with Gasteiger partial charge < -0.3 is 24.3 Å². The van der Waals surface area contributed by atoms with Crippen molar-refractivity contribution in [3.8, 4) is 0 Å². The highest BCUT2D eigenvalue weighted by atomic mass is 32.2. The van der Waals surface area contributed by atoms with Crippen molar-refractivity contribution in [3.63, 3.8) is 0 Å². The maximum atomic E-state index is 12.2. The summed E-state index contributed by atoms with van der Waals surface area (Å²) in [6.07, 6.45) is 0.182. The number of esters is 1. The third-order valence-electron chi connectivity index (χ3n) is 4.39. The zero-order valence-electron chi connectivity index (χ0n) is 18.5. The number of hydrogen-bond donors (Lipinski definition) is 1. The molecule has 1 heterocycles. The Labute approximate surface area is 177 Å². The maximum absolute atomic E-state index is 12.2. The van der Waals surface area contributed by atoms with Crippen molar-refractivity contribution in [1.82, 2.24) is 5.32 Å². The van der Waals surface area contributed by atoms with Gasteiger partial charge in [-0.3, -0.25) is 4.79 Å². The van der Waals surface area contributed by atoms with Crippen molar-refractivity contribution < 1.29 is 33.3 Å². The number of carbonyl (C=O) groups excluding carboxylic acids is 3. The van der Waals surface area contributed by atoms with Crippen LogP contribution in [0.4, 0.5) is 4.79 Å². The van der Waals surface area contributed by atoms with Gasteiger partial charge in [0, 0.05) is 12.2 Å². The number of thioether (sulfide) groups is 1. The number of methoxy groups -OCH3 is 1. The quantitative estimate of drug-likeness (QED) is 0.554. The van der Waals surface area contributed by atoms with Crippen LogP contribution in [0.5, 0.6) is 0 Å². The Bertz CT molecular complexity index is 560. The molecule has 4 atom stereocenters. The Balaban J connectivity index is 2.80. The van der Waals surface area contributed by atoms with Gasteiger partial charge in [0.1, 0.15) is 17.7 Å². The lowest BCUT2D eigenvalue weighted by molar-refractivity contribution is -0.206. The fourth-order valence-electron chi connectivity index (χ4n) is 2.73. The van der Waals surface area contributed by atoms with Gasteiger partial charge in [0.25, 0.3) is 0 Å². The average molecular weight is 434 g/mol. The van der Waals surface area contributed by atoms with Gasteiger partial charge in [0.2, 0.25) is 0 Å². The van der Waals surface area contributed by atoms with E-state index < -0.39 is 36.1 Å². The van der Waals surface area contributed by atoms with Crippen molar-refractivity contribution in [2.45, 2.75) is 96.2 Å². The van der Waals surface area contributed by atoms with Crippen LogP contribution in [0, 0.1) is 0 Å². The molecule has 0 aromatic heterocycles. The highest BCUT2D eigenvalue weighted by molar-refractivity contribution is 8.00. The Morgan fingerprint density at radius 1 is 1.28 bits per heavy atom. The molecule has 0 aliphatic carbocycles. The van der Waals surface area contributed by atoms with Gasteiger partial charge in [-0.1, -0.05) is 13.8 Å². The van der Waals surface area contributed by atoms with E-state index in [4.69, 9.17) is 18.9 Å². The molecule has 0 spiro atoms. The zero-order chi connectivity index (χ0) is 22.2. The van der Waals surface area contributed by atoms with Crippen LogP contribution < -0.4 is 5.32 Å². The molecule has 0 radical (unpaired) electrons. The second kappa shape index (κ2) is 11.8. The summed E-state index contributed by atoms with van der Waals surface area (Å²) in [5.74, 6) is -0.399. The first-order chi connectivity index (χ1) is 13.5. The van der Waals surface area contributed by atoms with Crippen molar-refractivity contribution in [3.05, 3.63) is 0 Å². The lowest BCUT2D eigenvalue weighted by Gasteiger charge is -2.36. The molecule has 9 heteroatoms. The topological polar surface area (TPSA) is 100 Å². The second-order valence-corrected chi connectivity index (χ2v) is 9.26. The smallest absolute Gasteiger partial charge is 0.408 e. The molecule has 1 aliphatic heterocycles. The molecule has 1 rings (SSSR count). The predicted molar refractivity (Wildman–Crippen MR) is 111 cm³/mol. The van der Waals surface area contributed by atoms with E-state index in [1.54, 1.807) is 27.7 Å². The molecule has 168 valence electrons. The first-order valence-electron chi connectivity index (χ1n) is 10.0. The number of ether oxygens (including phenoxy) is 4. The molecule has 0 bridgehead atoms. The minimum atomic E-state index is -0.914. The van der Waals surface area contributed by atoms with E-state index in [0.717, 1.165) is 12.8 Å². The summed E-state index contributed by atoms with van der Waals surface area (Å²) in [5.41, 5.74) is -0.689. The van der Waals surface area contributed by atoms with Crippen LogP contribution in [-0.4, -0.2) is 66.1 Å². The SMILES string of the molecule is CCC(CC)O[C@@H]1O[C@@H](C)C(=O)CC1SC[C@H](NC(=O)OC(C)(C)C)C(=O)OC.